The van der Waals surface area contributed by atoms with Gasteiger partial charge in [0.1, 0.15) is 0 Å². The van der Waals surface area contributed by atoms with E-state index in [1.807, 2.05) is 0 Å². The van der Waals surface area contributed by atoms with Gasteiger partial charge in [-0.15, -0.1) is 0 Å². The topological polar surface area (TPSA) is 139 Å². The summed E-state index contributed by atoms with van der Waals surface area (Å²) in [5, 5.41) is 13.5. The van der Waals surface area contributed by atoms with E-state index >= 15 is 0 Å². The number of hydrogen-bond acceptors (Lipinski definition) is 7. The summed E-state index contributed by atoms with van der Waals surface area (Å²) in [6, 6.07) is 4.11. The van der Waals surface area contributed by atoms with Gasteiger partial charge in [0, 0.05) is 24.4 Å². The van der Waals surface area contributed by atoms with Gasteiger partial charge in [0.05, 0.1) is 16.4 Å². The Morgan fingerprint density at radius 3 is 2.47 bits per heavy atom. The summed E-state index contributed by atoms with van der Waals surface area (Å²) in [5.41, 5.74) is 2.93. The third-order valence-electron chi connectivity index (χ3n) is 2.31. The van der Waals surface area contributed by atoms with Crippen molar-refractivity contribution in [2.45, 2.75) is 0 Å². The van der Waals surface area contributed by atoms with E-state index in [1.54, 1.807) is 6.07 Å². The first-order valence-corrected chi connectivity index (χ1v) is 6.94. The van der Waals surface area contributed by atoms with E-state index in [-0.39, 0.29) is 18.0 Å². The molecule has 0 aromatic heterocycles. The smallest absolute Gasteiger partial charge is 0.273 e. The number of nitro benzene ring substituents is 1. The summed E-state index contributed by atoms with van der Waals surface area (Å²) in [6.45, 7) is 0.119. The van der Waals surface area contributed by atoms with Crippen LogP contribution in [0.3, 0.4) is 0 Å². The lowest BCUT2D eigenvalue weighted by atomic mass is 10.2. The molecule has 0 aliphatic carbocycles. The maximum Gasteiger partial charge on any atom is 0.273 e. The average molecular weight is 289 g/mol. The second-order valence-corrected chi connectivity index (χ2v) is 5.67. The molecule has 0 saturated carbocycles. The average Bonchev–Trinajstić information content (AvgIpc) is 2.38. The normalized spacial score (nSPS) is 11.1. The predicted molar refractivity (Wildman–Crippen MR) is 72.2 cm³/mol. The summed E-state index contributed by atoms with van der Waals surface area (Å²) in [5.74, 6) is 5.06. The molecule has 0 heterocycles. The summed E-state index contributed by atoms with van der Waals surface area (Å²) >= 11 is 0. The number of rotatable bonds is 7. The van der Waals surface area contributed by atoms with Crippen molar-refractivity contribution in [2.75, 3.05) is 30.1 Å². The lowest BCUT2D eigenvalue weighted by molar-refractivity contribution is -0.384. The van der Waals surface area contributed by atoms with Crippen LogP contribution in [0.5, 0.6) is 0 Å². The number of non-ortho nitro benzene ring substituents is 1. The summed E-state index contributed by atoms with van der Waals surface area (Å²) in [6.07, 6.45) is 0. The van der Waals surface area contributed by atoms with Gasteiger partial charge in [0.25, 0.3) is 5.69 Å². The number of nitrogens with one attached hydrogen (secondary N) is 3. The Labute approximate surface area is 110 Å². The van der Waals surface area contributed by atoms with E-state index in [1.165, 1.54) is 19.2 Å². The third kappa shape index (κ3) is 4.69. The van der Waals surface area contributed by atoms with E-state index in [4.69, 9.17) is 5.84 Å². The highest BCUT2D eigenvalue weighted by Crippen LogP contribution is 2.23. The van der Waals surface area contributed by atoms with Gasteiger partial charge >= 0.3 is 0 Å². The molecular weight excluding hydrogens is 274 g/mol. The molecule has 0 fully saturated rings. The van der Waals surface area contributed by atoms with E-state index < -0.39 is 14.9 Å². The molecule has 0 unspecified atom stereocenters. The SMILES string of the molecule is CNS(=O)(=O)CCNc1cc(NN)cc([N+](=O)[O-])c1. The molecular formula is C9H15N5O4S. The minimum atomic E-state index is -3.32. The van der Waals surface area contributed by atoms with Crippen molar-refractivity contribution in [1.29, 1.82) is 0 Å². The summed E-state index contributed by atoms with van der Waals surface area (Å²) < 4.78 is 24.6. The molecule has 0 radical (unpaired) electrons. The number of benzene rings is 1. The zero-order valence-corrected chi connectivity index (χ0v) is 11.0. The number of nitro groups is 1. The maximum atomic E-state index is 11.2. The molecule has 0 aliphatic rings. The van der Waals surface area contributed by atoms with E-state index in [2.05, 4.69) is 15.5 Å². The molecule has 5 N–H and O–H groups in total. The Hall–Kier alpha value is -1.91. The molecule has 1 rings (SSSR count). The monoisotopic (exact) mass is 289 g/mol. The molecule has 0 amide bonds. The lowest BCUT2D eigenvalue weighted by Crippen LogP contribution is -2.26. The van der Waals surface area contributed by atoms with Gasteiger partial charge in [0.15, 0.2) is 0 Å². The standard InChI is InChI=1S/C9H15N5O4S/c1-11-19(17,18)3-2-12-7-4-8(13-10)6-9(5-7)14(15)16/h4-6,11-13H,2-3,10H2,1H3. The van der Waals surface area contributed by atoms with E-state index in [0.29, 0.717) is 11.4 Å². The zero-order valence-electron chi connectivity index (χ0n) is 10.2. The fraction of sp³-hybridized carbons (Fsp3) is 0.333. The van der Waals surface area contributed by atoms with Crippen LogP contribution in [0.15, 0.2) is 18.2 Å². The number of nitrogen functional groups attached to an aromatic ring is 1. The molecule has 19 heavy (non-hydrogen) atoms. The lowest BCUT2D eigenvalue weighted by Gasteiger charge is -2.08. The first-order chi connectivity index (χ1) is 8.88. The molecule has 1 aromatic carbocycles. The molecule has 0 saturated heterocycles. The van der Waals surface area contributed by atoms with Crippen LogP contribution in [0, 0.1) is 10.1 Å². The van der Waals surface area contributed by atoms with Crippen molar-refractivity contribution in [3.05, 3.63) is 28.3 Å². The predicted octanol–water partition coefficient (Wildman–Crippen LogP) is -0.158. The van der Waals surface area contributed by atoms with E-state index in [0.717, 1.165) is 0 Å². The van der Waals surface area contributed by atoms with Crippen LogP contribution in [0.1, 0.15) is 0 Å². The molecule has 0 bridgehead atoms. The fourth-order valence-electron chi connectivity index (χ4n) is 1.33. The first kappa shape index (κ1) is 15.1. The van der Waals surface area contributed by atoms with Gasteiger partial charge in [-0.25, -0.2) is 13.1 Å². The Bertz CT molecular complexity index is 560. The Balaban J connectivity index is 2.78. The van der Waals surface area contributed by atoms with Crippen LogP contribution in [-0.2, 0) is 10.0 Å². The van der Waals surface area contributed by atoms with Crippen LogP contribution in [0.25, 0.3) is 0 Å². The number of hydrogen-bond donors (Lipinski definition) is 4. The second kappa shape index (κ2) is 6.31. The summed E-state index contributed by atoms with van der Waals surface area (Å²) in [4.78, 5) is 10.1. The van der Waals surface area contributed by atoms with Crippen LogP contribution < -0.4 is 21.3 Å². The van der Waals surface area contributed by atoms with E-state index in [9.17, 15) is 18.5 Å². The van der Waals surface area contributed by atoms with Gasteiger partial charge < -0.3 is 10.7 Å². The van der Waals surface area contributed by atoms with Crippen LogP contribution in [-0.4, -0.2) is 32.7 Å². The number of sulfonamides is 1. The molecule has 0 spiro atoms. The number of nitrogens with zero attached hydrogens (tertiary/aromatic N) is 1. The number of nitrogens with two attached hydrogens (primary N) is 1. The highest BCUT2D eigenvalue weighted by Gasteiger charge is 2.10. The third-order valence-corrected chi connectivity index (χ3v) is 3.67. The zero-order chi connectivity index (χ0) is 14.5. The molecule has 9 nitrogen and oxygen atoms in total. The Kier molecular flexibility index (Phi) is 5.03. The maximum absolute atomic E-state index is 11.2. The minimum Gasteiger partial charge on any atom is -0.384 e. The van der Waals surface area contributed by atoms with Crippen molar-refractivity contribution in [3.8, 4) is 0 Å². The molecule has 106 valence electrons. The molecule has 1 aromatic rings. The Morgan fingerprint density at radius 1 is 1.32 bits per heavy atom. The molecule has 0 atom stereocenters. The highest BCUT2D eigenvalue weighted by atomic mass is 32.2. The first-order valence-electron chi connectivity index (χ1n) is 5.29. The van der Waals surface area contributed by atoms with Crippen LogP contribution in [0.2, 0.25) is 0 Å². The van der Waals surface area contributed by atoms with Crippen LogP contribution in [0.4, 0.5) is 17.1 Å². The van der Waals surface area contributed by atoms with Crippen LogP contribution >= 0.6 is 0 Å². The molecule has 0 aliphatic heterocycles. The van der Waals surface area contributed by atoms with Gasteiger partial charge in [-0.3, -0.25) is 16.0 Å². The fourth-order valence-corrected chi connectivity index (χ4v) is 1.91. The van der Waals surface area contributed by atoms with Gasteiger partial charge in [-0.05, 0) is 13.1 Å². The highest BCUT2D eigenvalue weighted by molar-refractivity contribution is 7.89. The van der Waals surface area contributed by atoms with Crippen molar-refractivity contribution < 1.29 is 13.3 Å². The van der Waals surface area contributed by atoms with Crippen molar-refractivity contribution in [2.24, 2.45) is 5.84 Å². The van der Waals surface area contributed by atoms with Gasteiger partial charge in [-0.1, -0.05) is 0 Å². The largest absolute Gasteiger partial charge is 0.384 e. The number of anilines is 2. The van der Waals surface area contributed by atoms with Gasteiger partial charge in [0.2, 0.25) is 10.0 Å². The van der Waals surface area contributed by atoms with Crippen molar-refractivity contribution >= 4 is 27.1 Å². The Morgan fingerprint density at radius 2 is 1.95 bits per heavy atom. The summed E-state index contributed by atoms with van der Waals surface area (Å²) in [7, 11) is -2.00. The quantitative estimate of drug-likeness (QED) is 0.310. The van der Waals surface area contributed by atoms with Crippen molar-refractivity contribution in [3.63, 3.8) is 0 Å². The molecule has 10 heteroatoms. The number of hydrazine groups is 1. The second-order valence-electron chi connectivity index (χ2n) is 3.62. The van der Waals surface area contributed by atoms with Gasteiger partial charge in [-0.2, -0.15) is 0 Å². The minimum absolute atomic E-state index is 0.119. The van der Waals surface area contributed by atoms with Crippen molar-refractivity contribution in [1.82, 2.24) is 4.72 Å².